The van der Waals surface area contributed by atoms with E-state index in [1.165, 1.54) is 0 Å². The average molecular weight is 377 g/mol. The molecule has 0 spiro atoms. The minimum Gasteiger partial charge on any atom is -0.368 e. The predicted molar refractivity (Wildman–Crippen MR) is 82.3 cm³/mol. The lowest BCUT2D eigenvalue weighted by atomic mass is 10.1. The summed E-state index contributed by atoms with van der Waals surface area (Å²) in [4.78, 5) is 21.7. The molecule has 19 heavy (non-hydrogen) atoms. The fourth-order valence-corrected chi connectivity index (χ4v) is 2.62. The summed E-state index contributed by atoms with van der Waals surface area (Å²) in [7, 11) is 2.05. The third-order valence-electron chi connectivity index (χ3n) is 3.13. The maximum atomic E-state index is 12.0. The van der Waals surface area contributed by atoms with Crippen LogP contribution < -0.4 is 5.56 Å². The first kappa shape index (κ1) is 14.9. The first-order valence-corrected chi connectivity index (χ1v) is 7.64. The molecule has 1 unspecified atom stereocenters. The van der Waals surface area contributed by atoms with Gasteiger partial charge in [0.05, 0.1) is 15.9 Å². The van der Waals surface area contributed by atoms with Crippen LogP contribution in [0.1, 0.15) is 31.5 Å². The zero-order chi connectivity index (χ0) is 14.0. The summed E-state index contributed by atoms with van der Waals surface area (Å²) >= 11 is 2.07. The van der Waals surface area contributed by atoms with Gasteiger partial charge in [0.2, 0.25) is 0 Å². The Morgan fingerprint density at radius 2 is 2.32 bits per heavy atom. The molecule has 0 radical (unpaired) electrons. The Bertz CT molecular complexity index is 501. The molecule has 0 aromatic carbocycles. The van der Waals surface area contributed by atoms with Gasteiger partial charge in [-0.1, -0.05) is 13.8 Å². The SMILES string of the molecule is CC(C)Cc1nc(C2CN(C)CCO2)[nH]c(=O)c1I. The van der Waals surface area contributed by atoms with Crippen molar-refractivity contribution in [3.05, 3.63) is 25.4 Å². The highest BCUT2D eigenvalue weighted by Gasteiger charge is 2.23. The summed E-state index contributed by atoms with van der Waals surface area (Å²) in [5, 5.41) is 0. The van der Waals surface area contributed by atoms with Crippen molar-refractivity contribution in [3.8, 4) is 0 Å². The van der Waals surface area contributed by atoms with Crippen molar-refractivity contribution < 1.29 is 4.74 Å². The monoisotopic (exact) mass is 377 g/mol. The van der Waals surface area contributed by atoms with Crippen molar-refractivity contribution in [1.82, 2.24) is 14.9 Å². The molecule has 2 rings (SSSR count). The molecule has 2 heterocycles. The molecule has 0 aliphatic carbocycles. The van der Waals surface area contributed by atoms with E-state index >= 15 is 0 Å². The standard InChI is InChI=1S/C13H20IN3O2/c1-8(2)6-9-11(14)13(18)16-12(15-9)10-7-17(3)4-5-19-10/h8,10H,4-7H2,1-3H3,(H,15,16,18). The van der Waals surface area contributed by atoms with Gasteiger partial charge in [0.15, 0.2) is 0 Å². The van der Waals surface area contributed by atoms with Gasteiger partial charge in [-0.2, -0.15) is 0 Å². The molecule has 1 aromatic heterocycles. The average Bonchev–Trinajstić information content (AvgIpc) is 2.34. The Kier molecular flexibility index (Phi) is 4.97. The number of nitrogens with zero attached hydrogens (tertiary/aromatic N) is 2. The Morgan fingerprint density at radius 1 is 1.58 bits per heavy atom. The van der Waals surface area contributed by atoms with E-state index in [0.29, 0.717) is 21.9 Å². The Balaban J connectivity index is 2.30. The van der Waals surface area contributed by atoms with E-state index in [4.69, 9.17) is 4.74 Å². The molecule has 0 bridgehead atoms. The van der Waals surface area contributed by atoms with Crippen LogP contribution in [0.4, 0.5) is 0 Å². The van der Waals surface area contributed by atoms with Gasteiger partial charge in [-0.25, -0.2) is 4.98 Å². The highest BCUT2D eigenvalue weighted by atomic mass is 127. The number of aromatic nitrogens is 2. The molecule has 1 aliphatic rings. The molecule has 5 nitrogen and oxygen atoms in total. The summed E-state index contributed by atoms with van der Waals surface area (Å²) in [5.74, 6) is 1.14. The first-order chi connectivity index (χ1) is 8.97. The van der Waals surface area contributed by atoms with Crippen LogP contribution in [-0.4, -0.2) is 41.6 Å². The number of hydrogen-bond acceptors (Lipinski definition) is 4. The fraction of sp³-hybridized carbons (Fsp3) is 0.692. The molecule has 1 N–H and O–H groups in total. The molecule has 6 heteroatoms. The van der Waals surface area contributed by atoms with Gasteiger partial charge in [0.1, 0.15) is 11.9 Å². The number of hydrogen-bond donors (Lipinski definition) is 1. The van der Waals surface area contributed by atoms with Gasteiger partial charge in [-0.3, -0.25) is 4.79 Å². The first-order valence-electron chi connectivity index (χ1n) is 6.56. The van der Waals surface area contributed by atoms with Crippen LogP contribution in [0.15, 0.2) is 4.79 Å². The second-order valence-corrected chi connectivity index (χ2v) is 6.51. The van der Waals surface area contributed by atoms with Crippen LogP contribution in [0.2, 0.25) is 0 Å². The lowest BCUT2D eigenvalue weighted by molar-refractivity contribution is -0.0257. The second-order valence-electron chi connectivity index (χ2n) is 5.43. The van der Waals surface area contributed by atoms with Crippen LogP contribution in [0.3, 0.4) is 0 Å². The molecule has 1 aliphatic heterocycles. The van der Waals surface area contributed by atoms with E-state index in [-0.39, 0.29) is 11.7 Å². The number of nitrogens with one attached hydrogen (secondary N) is 1. The second kappa shape index (κ2) is 6.32. The van der Waals surface area contributed by atoms with Crippen molar-refractivity contribution in [2.75, 3.05) is 26.7 Å². The highest BCUT2D eigenvalue weighted by Crippen LogP contribution is 2.19. The molecule has 1 fully saturated rings. The van der Waals surface area contributed by atoms with Crippen LogP contribution in [0, 0.1) is 9.49 Å². The quantitative estimate of drug-likeness (QED) is 0.813. The zero-order valence-corrected chi connectivity index (χ0v) is 13.7. The molecule has 106 valence electrons. The van der Waals surface area contributed by atoms with E-state index in [9.17, 15) is 4.79 Å². The summed E-state index contributed by atoms with van der Waals surface area (Å²) in [6.07, 6.45) is 0.687. The number of ether oxygens (including phenoxy) is 1. The summed E-state index contributed by atoms with van der Waals surface area (Å²) in [5.41, 5.74) is 0.823. The smallest absolute Gasteiger partial charge is 0.264 e. The third kappa shape index (κ3) is 3.76. The topological polar surface area (TPSA) is 58.2 Å². The zero-order valence-electron chi connectivity index (χ0n) is 11.6. The lowest BCUT2D eigenvalue weighted by Crippen LogP contribution is -2.37. The van der Waals surface area contributed by atoms with Gasteiger partial charge >= 0.3 is 0 Å². The van der Waals surface area contributed by atoms with E-state index < -0.39 is 0 Å². The predicted octanol–water partition coefficient (Wildman–Crippen LogP) is 1.58. The van der Waals surface area contributed by atoms with Crippen molar-refractivity contribution in [2.45, 2.75) is 26.4 Å². The van der Waals surface area contributed by atoms with Crippen molar-refractivity contribution in [3.63, 3.8) is 0 Å². The van der Waals surface area contributed by atoms with Crippen molar-refractivity contribution in [2.24, 2.45) is 5.92 Å². The Hall–Kier alpha value is -0.470. The molecule has 1 saturated heterocycles. The van der Waals surface area contributed by atoms with E-state index in [1.54, 1.807) is 0 Å². The fourth-order valence-electron chi connectivity index (χ4n) is 2.14. The molecule has 1 aromatic rings. The normalized spacial score (nSPS) is 21.0. The number of likely N-dealkylation sites (N-methyl/N-ethyl adjacent to an activating group) is 1. The number of morpholine rings is 1. The van der Waals surface area contributed by atoms with Crippen molar-refractivity contribution >= 4 is 22.6 Å². The maximum absolute atomic E-state index is 12.0. The molecule has 1 atom stereocenters. The minimum atomic E-state index is -0.130. The van der Waals surface area contributed by atoms with Crippen LogP contribution in [0.25, 0.3) is 0 Å². The van der Waals surface area contributed by atoms with Gasteiger partial charge in [-0.05, 0) is 42.0 Å². The maximum Gasteiger partial charge on any atom is 0.264 e. The van der Waals surface area contributed by atoms with Crippen molar-refractivity contribution in [1.29, 1.82) is 0 Å². The minimum absolute atomic E-state index is 0.0573. The van der Waals surface area contributed by atoms with E-state index in [1.807, 2.05) is 0 Å². The molecule has 0 saturated carbocycles. The van der Waals surface area contributed by atoms with E-state index in [2.05, 4.69) is 58.4 Å². The van der Waals surface area contributed by atoms with Gasteiger partial charge < -0.3 is 14.6 Å². The number of H-pyrrole nitrogens is 1. The van der Waals surface area contributed by atoms with Gasteiger partial charge in [0.25, 0.3) is 5.56 Å². The van der Waals surface area contributed by atoms with E-state index in [0.717, 1.165) is 25.2 Å². The number of rotatable bonds is 3. The summed E-state index contributed by atoms with van der Waals surface area (Å²) < 4.78 is 6.41. The highest BCUT2D eigenvalue weighted by molar-refractivity contribution is 14.1. The van der Waals surface area contributed by atoms with Crippen LogP contribution in [-0.2, 0) is 11.2 Å². The Labute approximate surface area is 126 Å². The van der Waals surface area contributed by atoms with Gasteiger partial charge in [-0.15, -0.1) is 0 Å². The lowest BCUT2D eigenvalue weighted by Gasteiger charge is -2.29. The summed E-state index contributed by atoms with van der Waals surface area (Å²) in [6, 6.07) is 0. The number of aromatic amines is 1. The van der Waals surface area contributed by atoms with Crippen LogP contribution in [0.5, 0.6) is 0 Å². The Morgan fingerprint density at radius 3 is 2.95 bits per heavy atom. The summed E-state index contributed by atoms with van der Waals surface area (Å²) in [6.45, 7) is 6.62. The molecular weight excluding hydrogens is 357 g/mol. The largest absolute Gasteiger partial charge is 0.368 e. The molecular formula is C13H20IN3O2. The third-order valence-corrected chi connectivity index (χ3v) is 4.24. The van der Waals surface area contributed by atoms with Crippen LogP contribution >= 0.6 is 22.6 Å². The van der Waals surface area contributed by atoms with Gasteiger partial charge in [0, 0.05) is 13.1 Å². The number of halogens is 1. The molecule has 0 amide bonds.